The smallest absolute Gasteiger partial charge is 0.246 e. The molecule has 1 aromatic rings. The summed E-state index contributed by atoms with van der Waals surface area (Å²) in [6.07, 6.45) is 7.55. The summed E-state index contributed by atoms with van der Waals surface area (Å²) in [5, 5.41) is 7.13. The van der Waals surface area contributed by atoms with Crippen molar-refractivity contribution in [1.82, 2.24) is 15.2 Å². The van der Waals surface area contributed by atoms with Crippen LogP contribution in [0, 0.1) is 13.8 Å². The minimum absolute atomic E-state index is 0.164. The van der Waals surface area contributed by atoms with Gasteiger partial charge in [0.2, 0.25) is 10.0 Å². The van der Waals surface area contributed by atoms with E-state index in [1.165, 1.54) is 38.5 Å². The standard InChI is InChI=1S/C14H25N3O3S/c1-11-14(12(2)20-17-11)21(18,19)16-10-9-15-13-7-5-3-4-6-8-13/h13,15-16H,3-10H2,1-2H3. The normalized spacial score (nSPS) is 17.8. The zero-order valence-corrected chi connectivity index (χ0v) is 13.6. The number of nitrogens with zero attached hydrogens (tertiary/aromatic N) is 1. The van der Waals surface area contributed by atoms with E-state index < -0.39 is 10.0 Å². The van der Waals surface area contributed by atoms with Crippen molar-refractivity contribution in [3.8, 4) is 0 Å². The Labute approximate surface area is 126 Å². The lowest BCUT2D eigenvalue weighted by Gasteiger charge is -2.16. The molecule has 0 aromatic carbocycles. The molecule has 1 saturated carbocycles. The lowest BCUT2D eigenvalue weighted by molar-refractivity contribution is 0.390. The van der Waals surface area contributed by atoms with Crippen LogP contribution < -0.4 is 10.0 Å². The molecule has 1 aliphatic carbocycles. The van der Waals surface area contributed by atoms with Crippen molar-refractivity contribution in [3.05, 3.63) is 11.5 Å². The zero-order valence-electron chi connectivity index (χ0n) is 12.8. The molecule has 1 heterocycles. The van der Waals surface area contributed by atoms with Crippen LogP contribution in [0.2, 0.25) is 0 Å². The molecule has 0 bridgehead atoms. The summed E-state index contributed by atoms with van der Waals surface area (Å²) >= 11 is 0. The van der Waals surface area contributed by atoms with E-state index >= 15 is 0 Å². The summed E-state index contributed by atoms with van der Waals surface area (Å²) in [5.41, 5.74) is 0.400. The molecule has 2 rings (SSSR count). The second kappa shape index (κ2) is 7.38. The molecule has 0 aliphatic heterocycles. The molecule has 6 nitrogen and oxygen atoms in total. The van der Waals surface area contributed by atoms with E-state index in [2.05, 4.69) is 15.2 Å². The Bertz CT molecular complexity index is 526. The van der Waals surface area contributed by atoms with E-state index in [-0.39, 0.29) is 4.90 Å². The highest BCUT2D eigenvalue weighted by atomic mass is 32.2. The van der Waals surface area contributed by atoms with Crippen LogP contribution in [-0.2, 0) is 10.0 Å². The molecular weight excluding hydrogens is 290 g/mol. The minimum atomic E-state index is -3.53. The maximum absolute atomic E-state index is 12.2. The summed E-state index contributed by atoms with van der Waals surface area (Å²) in [6, 6.07) is 0.524. The number of aromatic nitrogens is 1. The van der Waals surface area contributed by atoms with E-state index in [0.717, 1.165) is 0 Å². The van der Waals surface area contributed by atoms with Crippen LogP contribution in [0.5, 0.6) is 0 Å². The number of nitrogens with one attached hydrogen (secondary N) is 2. The molecule has 0 radical (unpaired) electrons. The van der Waals surface area contributed by atoms with Gasteiger partial charge < -0.3 is 9.84 Å². The van der Waals surface area contributed by atoms with Crippen LogP contribution in [0.3, 0.4) is 0 Å². The van der Waals surface area contributed by atoms with Crippen LogP contribution in [0.15, 0.2) is 9.42 Å². The van der Waals surface area contributed by atoms with E-state index in [1.807, 2.05) is 0 Å². The van der Waals surface area contributed by atoms with Crippen molar-refractivity contribution in [2.45, 2.75) is 63.3 Å². The van der Waals surface area contributed by atoms with Gasteiger partial charge in [-0.15, -0.1) is 0 Å². The van der Waals surface area contributed by atoms with Gasteiger partial charge in [0.1, 0.15) is 10.6 Å². The Hall–Kier alpha value is -0.920. The fourth-order valence-electron chi connectivity index (χ4n) is 2.88. The van der Waals surface area contributed by atoms with Gasteiger partial charge in [0.05, 0.1) is 0 Å². The van der Waals surface area contributed by atoms with Crippen molar-refractivity contribution >= 4 is 10.0 Å². The monoisotopic (exact) mass is 315 g/mol. The van der Waals surface area contributed by atoms with Gasteiger partial charge in [0.15, 0.2) is 5.76 Å². The van der Waals surface area contributed by atoms with Gasteiger partial charge in [-0.25, -0.2) is 13.1 Å². The van der Waals surface area contributed by atoms with Crippen molar-refractivity contribution in [3.63, 3.8) is 0 Å². The molecule has 21 heavy (non-hydrogen) atoms. The van der Waals surface area contributed by atoms with Gasteiger partial charge >= 0.3 is 0 Å². The fraction of sp³-hybridized carbons (Fsp3) is 0.786. The van der Waals surface area contributed by atoms with Crippen molar-refractivity contribution in [1.29, 1.82) is 0 Å². The summed E-state index contributed by atoms with van der Waals surface area (Å²) in [5.74, 6) is 0.330. The van der Waals surface area contributed by atoms with Gasteiger partial charge in [0, 0.05) is 19.1 Å². The van der Waals surface area contributed by atoms with Gasteiger partial charge in [-0.05, 0) is 26.7 Å². The molecule has 120 valence electrons. The maximum Gasteiger partial charge on any atom is 0.246 e. The van der Waals surface area contributed by atoms with E-state index in [9.17, 15) is 8.42 Å². The summed E-state index contributed by atoms with van der Waals surface area (Å²) < 4.78 is 31.9. The molecule has 0 atom stereocenters. The van der Waals surface area contributed by atoms with Gasteiger partial charge in [0.25, 0.3) is 0 Å². The van der Waals surface area contributed by atoms with Crippen LogP contribution in [-0.4, -0.2) is 32.7 Å². The topological polar surface area (TPSA) is 84.2 Å². The number of hydrogen-bond donors (Lipinski definition) is 2. The van der Waals surface area contributed by atoms with Crippen molar-refractivity contribution in [2.24, 2.45) is 0 Å². The summed E-state index contributed by atoms with van der Waals surface area (Å²) in [6.45, 7) is 4.27. The molecule has 1 aromatic heterocycles. The van der Waals surface area contributed by atoms with Crippen molar-refractivity contribution < 1.29 is 12.9 Å². The zero-order chi connectivity index (χ0) is 15.3. The van der Waals surface area contributed by atoms with Crippen LogP contribution >= 0.6 is 0 Å². The third-order valence-corrected chi connectivity index (χ3v) is 5.65. The highest BCUT2D eigenvalue weighted by Gasteiger charge is 2.23. The van der Waals surface area contributed by atoms with Gasteiger partial charge in [-0.1, -0.05) is 30.8 Å². The third kappa shape index (κ3) is 4.52. The predicted octanol–water partition coefficient (Wildman–Crippen LogP) is 1.88. The molecule has 1 aliphatic rings. The highest BCUT2D eigenvalue weighted by molar-refractivity contribution is 7.89. The molecule has 2 N–H and O–H groups in total. The van der Waals surface area contributed by atoms with Crippen molar-refractivity contribution in [2.75, 3.05) is 13.1 Å². The number of hydrogen-bond acceptors (Lipinski definition) is 5. The second-order valence-corrected chi connectivity index (χ2v) is 7.40. The molecular formula is C14H25N3O3S. The molecule has 1 fully saturated rings. The van der Waals surface area contributed by atoms with Crippen LogP contribution in [0.4, 0.5) is 0 Å². The Morgan fingerprint density at radius 2 is 1.81 bits per heavy atom. The van der Waals surface area contributed by atoms with Gasteiger partial charge in [-0.3, -0.25) is 0 Å². The van der Waals surface area contributed by atoms with E-state index in [0.29, 0.717) is 30.6 Å². The average molecular weight is 315 g/mol. The average Bonchev–Trinajstić information content (AvgIpc) is 2.66. The fourth-order valence-corrected chi connectivity index (χ4v) is 4.23. The van der Waals surface area contributed by atoms with E-state index in [1.54, 1.807) is 13.8 Å². The molecule has 0 saturated heterocycles. The number of aryl methyl sites for hydroxylation is 2. The van der Waals surface area contributed by atoms with Crippen LogP contribution in [0.25, 0.3) is 0 Å². The van der Waals surface area contributed by atoms with Crippen LogP contribution in [0.1, 0.15) is 50.0 Å². The van der Waals surface area contributed by atoms with E-state index in [4.69, 9.17) is 4.52 Å². The first-order valence-corrected chi connectivity index (χ1v) is 9.15. The predicted molar refractivity (Wildman–Crippen MR) is 80.7 cm³/mol. The summed E-state index contributed by atoms with van der Waals surface area (Å²) in [4.78, 5) is 0.164. The highest BCUT2D eigenvalue weighted by Crippen LogP contribution is 2.18. The Morgan fingerprint density at radius 3 is 2.38 bits per heavy atom. The second-order valence-electron chi connectivity index (χ2n) is 5.69. The first kappa shape index (κ1) is 16.5. The Kier molecular flexibility index (Phi) is 5.78. The Balaban J connectivity index is 1.80. The third-order valence-electron chi connectivity index (χ3n) is 3.94. The van der Waals surface area contributed by atoms with Gasteiger partial charge in [-0.2, -0.15) is 0 Å². The quantitative estimate of drug-likeness (QED) is 0.618. The lowest BCUT2D eigenvalue weighted by atomic mass is 10.1. The molecule has 0 unspecified atom stereocenters. The number of sulfonamides is 1. The lowest BCUT2D eigenvalue weighted by Crippen LogP contribution is -2.37. The molecule has 0 spiro atoms. The largest absolute Gasteiger partial charge is 0.360 e. The molecule has 7 heteroatoms. The Morgan fingerprint density at radius 1 is 1.14 bits per heavy atom. The first-order valence-electron chi connectivity index (χ1n) is 7.66. The maximum atomic E-state index is 12.2. The SMILES string of the molecule is Cc1noc(C)c1S(=O)(=O)NCCNC1CCCCCC1. The minimum Gasteiger partial charge on any atom is -0.360 e. The first-order chi connectivity index (χ1) is 10.0. The number of rotatable bonds is 6. The molecule has 0 amide bonds. The summed E-state index contributed by atoms with van der Waals surface area (Å²) in [7, 11) is -3.53.